The van der Waals surface area contributed by atoms with Crippen LogP contribution >= 0.6 is 0 Å². The van der Waals surface area contributed by atoms with Crippen molar-refractivity contribution < 1.29 is 4.74 Å². The maximum Gasteiger partial charge on any atom is 0.123 e. The minimum atomic E-state index is 0.329. The van der Waals surface area contributed by atoms with Crippen LogP contribution in [0.4, 0.5) is 0 Å². The van der Waals surface area contributed by atoms with Crippen LogP contribution < -0.4 is 10.1 Å². The van der Waals surface area contributed by atoms with E-state index in [1.54, 1.807) is 7.11 Å². The second kappa shape index (κ2) is 4.28. The molecule has 0 heterocycles. The van der Waals surface area contributed by atoms with Gasteiger partial charge in [-0.1, -0.05) is 12.1 Å². The van der Waals surface area contributed by atoms with Gasteiger partial charge in [0.05, 0.1) is 7.11 Å². The van der Waals surface area contributed by atoms with E-state index < -0.39 is 0 Å². The van der Waals surface area contributed by atoms with E-state index in [4.69, 9.17) is 4.74 Å². The maximum absolute atomic E-state index is 5.31. The Balaban J connectivity index is 3.05. The summed E-state index contributed by atoms with van der Waals surface area (Å²) in [6.07, 6.45) is 0. The molecule has 0 unspecified atom stereocenters. The lowest BCUT2D eigenvalue weighted by Crippen LogP contribution is -2.13. The van der Waals surface area contributed by atoms with Crippen LogP contribution in [0.5, 0.6) is 5.75 Å². The van der Waals surface area contributed by atoms with Gasteiger partial charge in [-0.25, -0.2) is 0 Å². The number of benzene rings is 1. The second-order valence-corrected chi connectivity index (χ2v) is 3.26. The molecule has 0 bridgehead atoms. The Labute approximate surface area is 79.9 Å². The summed E-state index contributed by atoms with van der Waals surface area (Å²) in [5.41, 5.74) is 2.43. The van der Waals surface area contributed by atoms with E-state index in [1.165, 1.54) is 11.1 Å². The second-order valence-electron chi connectivity index (χ2n) is 3.26. The molecule has 0 aliphatic heterocycles. The Morgan fingerprint density at radius 3 is 2.62 bits per heavy atom. The first-order valence-corrected chi connectivity index (χ1v) is 4.51. The first-order chi connectivity index (χ1) is 6.19. The Hall–Kier alpha value is -1.02. The highest BCUT2D eigenvalue weighted by atomic mass is 16.5. The summed E-state index contributed by atoms with van der Waals surface area (Å²) < 4.78 is 5.31. The third-order valence-corrected chi connectivity index (χ3v) is 2.29. The van der Waals surface area contributed by atoms with Gasteiger partial charge in [-0.05, 0) is 32.5 Å². The van der Waals surface area contributed by atoms with E-state index in [1.807, 2.05) is 7.05 Å². The molecule has 0 aromatic heterocycles. The monoisotopic (exact) mass is 179 g/mol. The van der Waals surface area contributed by atoms with Gasteiger partial charge >= 0.3 is 0 Å². The molecule has 1 aromatic carbocycles. The van der Waals surface area contributed by atoms with Gasteiger partial charge < -0.3 is 10.1 Å². The van der Waals surface area contributed by atoms with Crippen LogP contribution in [0, 0.1) is 6.92 Å². The van der Waals surface area contributed by atoms with Crippen molar-refractivity contribution >= 4 is 0 Å². The average Bonchev–Trinajstić information content (AvgIpc) is 2.16. The van der Waals surface area contributed by atoms with Gasteiger partial charge in [0.25, 0.3) is 0 Å². The predicted molar refractivity (Wildman–Crippen MR) is 55.2 cm³/mol. The zero-order valence-electron chi connectivity index (χ0n) is 8.72. The van der Waals surface area contributed by atoms with Crippen molar-refractivity contribution in [1.29, 1.82) is 0 Å². The predicted octanol–water partition coefficient (Wildman–Crippen LogP) is 2.28. The minimum Gasteiger partial charge on any atom is -0.496 e. The lowest BCUT2D eigenvalue weighted by molar-refractivity contribution is 0.403. The Morgan fingerprint density at radius 1 is 1.38 bits per heavy atom. The van der Waals surface area contributed by atoms with Crippen LogP contribution in [-0.4, -0.2) is 14.2 Å². The highest BCUT2D eigenvalue weighted by Gasteiger charge is 2.08. The van der Waals surface area contributed by atoms with Crippen molar-refractivity contribution in [2.45, 2.75) is 19.9 Å². The van der Waals surface area contributed by atoms with Crippen LogP contribution in [-0.2, 0) is 0 Å². The van der Waals surface area contributed by atoms with Gasteiger partial charge in [0.15, 0.2) is 0 Å². The topological polar surface area (TPSA) is 21.3 Å². The summed E-state index contributed by atoms with van der Waals surface area (Å²) in [4.78, 5) is 0. The zero-order chi connectivity index (χ0) is 9.84. The summed E-state index contributed by atoms with van der Waals surface area (Å²) in [6, 6.07) is 6.60. The SMILES string of the molecule is CN[C@H](C)c1ccc(C)cc1OC. The fourth-order valence-corrected chi connectivity index (χ4v) is 1.33. The lowest BCUT2D eigenvalue weighted by atomic mass is 10.1. The zero-order valence-corrected chi connectivity index (χ0v) is 8.72. The summed E-state index contributed by atoms with van der Waals surface area (Å²) in [6.45, 7) is 4.18. The average molecular weight is 179 g/mol. The summed E-state index contributed by atoms with van der Waals surface area (Å²) in [5, 5.41) is 3.20. The van der Waals surface area contributed by atoms with Crippen molar-refractivity contribution in [2.75, 3.05) is 14.2 Å². The third-order valence-electron chi connectivity index (χ3n) is 2.29. The minimum absolute atomic E-state index is 0.329. The highest BCUT2D eigenvalue weighted by molar-refractivity contribution is 5.38. The first kappa shape index (κ1) is 10.1. The fourth-order valence-electron chi connectivity index (χ4n) is 1.33. The normalized spacial score (nSPS) is 12.6. The Morgan fingerprint density at radius 2 is 2.08 bits per heavy atom. The molecule has 2 heteroatoms. The quantitative estimate of drug-likeness (QED) is 0.768. The van der Waals surface area contributed by atoms with Gasteiger partial charge in [-0.2, -0.15) is 0 Å². The number of hydrogen-bond donors (Lipinski definition) is 1. The van der Waals surface area contributed by atoms with E-state index in [0.717, 1.165) is 5.75 Å². The highest BCUT2D eigenvalue weighted by Crippen LogP contribution is 2.25. The molecular weight excluding hydrogens is 162 g/mol. The first-order valence-electron chi connectivity index (χ1n) is 4.51. The van der Waals surface area contributed by atoms with Gasteiger partial charge in [0.1, 0.15) is 5.75 Å². The Kier molecular flexibility index (Phi) is 3.32. The number of methoxy groups -OCH3 is 1. The molecule has 0 saturated carbocycles. The molecule has 0 amide bonds. The lowest BCUT2D eigenvalue weighted by Gasteiger charge is -2.15. The molecule has 0 fully saturated rings. The number of ether oxygens (including phenoxy) is 1. The molecule has 0 aliphatic carbocycles. The molecule has 1 atom stereocenters. The van der Waals surface area contributed by atoms with Gasteiger partial charge in [-0.3, -0.25) is 0 Å². The summed E-state index contributed by atoms with van der Waals surface area (Å²) >= 11 is 0. The molecule has 0 saturated heterocycles. The molecule has 13 heavy (non-hydrogen) atoms. The Bertz CT molecular complexity index is 283. The largest absolute Gasteiger partial charge is 0.496 e. The van der Waals surface area contributed by atoms with E-state index in [0.29, 0.717) is 6.04 Å². The van der Waals surface area contributed by atoms with Gasteiger partial charge in [0, 0.05) is 11.6 Å². The van der Waals surface area contributed by atoms with Gasteiger partial charge in [-0.15, -0.1) is 0 Å². The van der Waals surface area contributed by atoms with Crippen molar-refractivity contribution in [2.24, 2.45) is 0 Å². The van der Waals surface area contributed by atoms with Gasteiger partial charge in [0.2, 0.25) is 0 Å². The molecule has 0 aliphatic rings. The number of hydrogen-bond acceptors (Lipinski definition) is 2. The van der Waals surface area contributed by atoms with Crippen LogP contribution in [0.25, 0.3) is 0 Å². The molecule has 0 spiro atoms. The number of aryl methyl sites for hydroxylation is 1. The molecule has 2 nitrogen and oxygen atoms in total. The number of rotatable bonds is 3. The fraction of sp³-hybridized carbons (Fsp3) is 0.455. The van der Waals surface area contributed by atoms with Crippen LogP contribution in [0.3, 0.4) is 0 Å². The molecule has 1 N–H and O–H groups in total. The third kappa shape index (κ3) is 2.22. The van der Waals surface area contributed by atoms with E-state index in [-0.39, 0.29) is 0 Å². The molecular formula is C11H17NO. The van der Waals surface area contributed by atoms with Crippen LogP contribution in [0.1, 0.15) is 24.1 Å². The standard InChI is InChI=1S/C11H17NO/c1-8-5-6-10(9(2)12-3)11(7-8)13-4/h5-7,9,12H,1-4H3/t9-/m1/s1. The van der Waals surface area contributed by atoms with Crippen molar-refractivity contribution in [3.8, 4) is 5.75 Å². The summed E-state index contributed by atoms with van der Waals surface area (Å²) in [7, 11) is 3.66. The molecule has 1 rings (SSSR count). The van der Waals surface area contributed by atoms with Crippen molar-refractivity contribution in [3.63, 3.8) is 0 Å². The summed E-state index contributed by atoms with van der Waals surface area (Å²) in [5.74, 6) is 0.960. The van der Waals surface area contributed by atoms with E-state index >= 15 is 0 Å². The van der Waals surface area contributed by atoms with E-state index in [2.05, 4.69) is 37.4 Å². The maximum atomic E-state index is 5.31. The smallest absolute Gasteiger partial charge is 0.123 e. The van der Waals surface area contributed by atoms with Crippen molar-refractivity contribution in [3.05, 3.63) is 29.3 Å². The van der Waals surface area contributed by atoms with E-state index in [9.17, 15) is 0 Å². The van der Waals surface area contributed by atoms with Crippen molar-refractivity contribution in [1.82, 2.24) is 5.32 Å². The molecule has 72 valence electrons. The van der Waals surface area contributed by atoms with Crippen LogP contribution in [0.2, 0.25) is 0 Å². The number of nitrogens with one attached hydrogen (secondary N) is 1. The molecule has 1 aromatic rings. The van der Waals surface area contributed by atoms with Crippen LogP contribution in [0.15, 0.2) is 18.2 Å². The molecule has 0 radical (unpaired) electrons.